The monoisotopic (exact) mass is 837 g/mol. The van der Waals surface area contributed by atoms with E-state index in [0.717, 1.165) is 36.6 Å². The van der Waals surface area contributed by atoms with E-state index in [1.807, 2.05) is 24.3 Å². The molecule has 2 aromatic carbocycles. The van der Waals surface area contributed by atoms with E-state index in [9.17, 15) is 4.79 Å². The molecule has 0 aliphatic heterocycles. The van der Waals surface area contributed by atoms with Crippen LogP contribution in [0.25, 0.3) is 0 Å². The molecule has 31 heavy (non-hydrogen) atoms. The first-order chi connectivity index (χ1) is 14.7. The molecule has 0 saturated heterocycles. The molecule has 0 saturated carbocycles. The van der Waals surface area contributed by atoms with E-state index in [0.29, 0.717) is 17.9 Å². The normalized spacial score (nSPS) is 10.3. The summed E-state index contributed by atoms with van der Waals surface area (Å²) < 4.78 is 6.23. The van der Waals surface area contributed by atoms with Gasteiger partial charge in [-0.3, -0.25) is 4.79 Å². The molecule has 4 nitrogen and oxygen atoms in total. The highest BCUT2D eigenvalue weighted by atomic mass is 79.9. The van der Waals surface area contributed by atoms with E-state index in [1.165, 1.54) is 18.7 Å². The van der Waals surface area contributed by atoms with E-state index in [4.69, 9.17) is 0 Å². The Morgan fingerprint density at radius 3 is 1.65 bits per heavy atom. The predicted octanol–water partition coefficient (Wildman–Crippen LogP) is 8.55. The Labute approximate surface area is 240 Å². The number of carbonyl (C=O) groups excluding carboxylic acids is 1. The Morgan fingerprint density at radius 1 is 0.839 bits per heavy atom. The standard InChI is InChI=1S/C12H4Br6S.C7H9N3OS/c13-5-1-7(15)11(8(16)2-5)19-12-9(17)3-6(14)4-10(12)18;11-7(10-1-2-12)6-3-8-5-9-4-6/h1-4H;3-5,12H,1-2H2,(H,10,11). The first kappa shape index (κ1) is 27.8. The molecule has 3 rings (SSSR count). The average molecular weight is 843 g/mol. The summed E-state index contributed by atoms with van der Waals surface area (Å²) >= 11 is 27.0. The van der Waals surface area contributed by atoms with Crippen LogP contribution in [-0.2, 0) is 0 Å². The molecule has 0 fully saturated rings. The van der Waals surface area contributed by atoms with Crippen LogP contribution in [0.5, 0.6) is 0 Å². The molecule has 164 valence electrons. The molecule has 1 amide bonds. The van der Waals surface area contributed by atoms with Gasteiger partial charge in [0.15, 0.2) is 0 Å². The minimum Gasteiger partial charge on any atom is -0.351 e. The zero-order valence-electron chi connectivity index (χ0n) is 15.4. The number of aromatic nitrogens is 2. The Hall–Kier alpha value is 0.570. The molecule has 12 heteroatoms. The third-order valence-electron chi connectivity index (χ3n) is 3.35. The van der Waals surface area contributed by atoms with E-state index in [-0.39, 0.29) is 5.91 Å². The van der Waals surface area contributed by atoms with Crippen molar-refractivity contribution in [3.8, 4) is 0 Å². The number of carbonyl (C=O) groups is 1. The van der Waals surface area contributed by atoms with Gasteiger partial charge < -0.3 is 5.32 Å². The maximum Gasteiger partial charge on any atom is 0.254 e. The summed E-state index contributed by atoms with van der Waals surface area (Å²) in [7, 11) is 0. The summed E-state index contributed by atoms with van der Waals surface area (Å²) in [6.45, 7) is 0.552. The van der Waals surface area contributed by atoms with Crippen molar-refractivity contribution in [2.24, 2.45) is 0 Å². The number of nitrogens with zero attached hydrogens (tertiary/aromatic N) is 2. The maximum atomic E-state index is 11.2. The minimum atomic E-state index is -0.162. The number of hydrogen-bond acceptors (Lipinski definition) is 5. The van der Waals surface area contributed by atoms with Gasteiger partial charge in [0.25, 0.3) is 5.91 Å². The third-order valence-corrected chi connectivity index (χ3v) is 9.33. The van der Waals surface area contributed by atoms with Crippen molar-refractivity contribution >= 4 is 126 Å². The van der Waals surface area contributed by atoms with Crippen LogP contribution in [0.1, 0.15) is 10.4 Å². The number of halogens is 6. The van der Waals surface area contributed by atoms with Crippen molar-refractivity contribution in [3.63, 3.8) is 0 Å². The molecule has 0 aliphatic carbocycles. The average Bonchev–Trinajstić information content (AvgIpc) is 2.71. The van der Waals surface area contributed by atoms with E-state index in [2.05, 4.69) is 123 Å². The number of nitrogens with one attached hydrogen (secondary N) is 1. The molecular weight excluding hydrogens is 830 g/mol. The second-order valence-electron chi connectivity index (χ2n) is 5.61. The molecule has 0 spiro atoms. The molecule has 0 aliphatic rings. The van der Waals surface area contributed by atoms with Crippen molar-refractivity contribution in [2.75, 3.05) is 12.3 Å². The van der Waals surface area contributed by atoms with Crippen LogP contribution in [0.4, 0.5) is 0 Å². The van der Waals surface area contributed by atoms with Gasteiger partial charge in [-0.15, -0.1) is 0 Å². The molecular formula is C19H13Br6N3OS2. The predicted molar refractivity (Wildman–Crippen MR) is 151 cm³/mol. The molecule has 0 radical (unpaired) electrons. The smallest absolute Gasteiger partial charge is 0.254 e. The second kappa shape index (κ2) is 14.1. The van der Waals surface area contributed by atoms with Crippen LogP contribution >= 0.6 is 120 Å². The van der Waals surface area contributed by atoms with Crippen molar-refractivity contribution in [1.82, 2.24) is 15.3 Å². The Balaban J connectivity index is 0.000000245. The number of thiol groups is 1. The topological polar surface area (TPSA) is 54.9 Å². The fraction of sp³-hybridized carbons (Fsp3) is 0.105. The number of hydrogen-bond donors (Lipinski definition) is 2. The lowest BCUT2D eigenvalue weighted by Crippen LogP contribution is -2.25. The molecule has 1 heterocycles. The highest BCUT2D eigenvalue weighted by molar-refractivity contribution is 9.12. The van der Waals surface area contributed by atoms with Gasteiger partial charge >= 0.3 is 0 Å². The van der Waals surface area contributed by atoms with Crippen molar-refractivity contribution in [3.05, 3.63) is 75.4 Å². The van der Waals surface area contributed by atoms with Gasteiger partial charge in [-0.1, -0.05) is 43.6 Å². The largest absolute Gasteiger partial charge is 0.351 e. The van der Waals surface area contributed by atoms with Crippen LogP contribution in [0.2, 0.25) is 0 Å². The second-order valence-corrected chi connectivity index (χ2v) is 12.3. The maximum absolute atomic E-state index is 11.2. The fourth-order valence-corrected chi connectivity index (χ4v) is 8.47. The van der Waals surface area contributed by atoms with Crippen molar-refractivity contribution in [1.29, 1.82) is 0 Å². The first-order valence-electron chi connectivity index (χ1n) is 8.34. The lowest BCUT2D eigenvalue weighted by molar-refractivity contribution is 0.0955. The highest BCUT2D eigenvalue weighted by Crippen LogP contribution is 2.46. The van der Waals surface area contributed by atoms with Crippen LogP contribution in [-0.4, -0.2) is 28.2 Å². The van der Waals surface area contributed by atoms with Crippen LogP contribution < -0.4 is 5.32 Å². The summed E-state index contributed by atoms with van der Waals surface area (Å²) in [5.74, 6) is 0.462. The summed E-state index contributed by atoms with van der Waals surface area (Å²) in [5.41, 5.74) is 0.472. The quantitative estimate of drug-likeness (QED) is 0.253. The SMILES string of the molecule is Brc1cc(Br)c(Sc2c(Br)cc(Br)cc2Br)c(Br)c1.O=C(NCCS)c1cncnc1. The zero-order valence-corrected chi connectivity index (χ0v) is 26.6. The Bertz CT molecular complexity index is 955. The van der Waals surface area contributed by atoms with Gasteiger partial charge in [-0.2, -0.15) is 12.6 Å². The van der Waals surface area contributed by atoms with Gasteiger partial charge in [0.1, 0.15) is 6.33 Å². The number of benzene rings is 2. The van der Waals surface area contributed by atoms with Gasteiger partial charge in [-0.05, 0) is 88.0 Å². The minimum absolute atomic E-state index is 0.162. The third kappa shape index (κ3) is 9.03. The fourth-order valence-electron chi connectivity index (χ4n) is 2.04. The van der Waals surface area contributed by atoms with Gasteiger partial charge in [0.05, 0.1) is 5.56 Å². The number of rotatable bonds is 5. The molecule has 0 bridgehead atoms. The molecule has 1 N–H and O–H groups in total. The van der Waals surface area contributed by atoms with Gasteiger partial charge in [0, 0.05) is 61.3 Å². The summed E-state index contributed by atoms with van der Waals surface area (Å²) in [5, 5.41) is 2.65. The highest BCUT2D eigenvalue weighted by Gasteiger charge is 2.14. The van der Waals surface area contributed by atoms with E-state index in [1.54, 1.807) is 11.8 Å². The van der Waals surface area contributed by atoms with Gasteiger partial charge in [0.2, 0.25) is 0 Å². The lowest BCUT2D eigenvalue weighted by atomic mass is 10.3. The molecule has 0 unspecified atom stereocenters. The van der Waals surface area contributed by atoms with Crippen molar-refractivity contribution < 1.29 is 4.79 Å². The molecule has 1 aromatic heterocycles. The Morgan fingerprint density at radius 2 is 1.26 bits per heavy atom. The van der Waals surface area contributed by atoms with Gasteiger partial charge in [-0.25, -0.2) is 9.97 Å². The van der Waals surface area contributed by atoms with Crippen LogP contribution in [0, 0.1) is 0 Å². The molecule has 0 atom stereocenters. The first-order valence-corrected chi connectivity index (χ1v) is 14.5. The van der Waals surface area contributed by atoms with E-state index < -0.39 is 0 Å². The summed E-state index contributed by atoms with van der Waals surface area (Å²) in [6, 6.07) is 8.14. The van der Waals surface area contributed by atoms with E-state index >= 15 is 0 Å². The summed E-state index contributed by atoms with van der Waals surface area (Å²) in [6.07, 6.45) is 4.33. The summed E-state index contributed by atoms with van der Waals surface area (Å²) in [4.78, 5) is 20.9. The van der Waals surface area contributed by atoms with Crippen molar-refractivity contribution in [2.45, 2.75) is 9.79 Å². The number of amides is 1. The lowest BCUT2D eigenvalue weighted by Gasteiger charge is -2.11. The van der Waals surface area contributed by atoms with Crippen LogP contribution in [0.3, 0.4) is 0 Å². The zero-order chi connectivity index (χ0) is 23.0. The Kier molecular flexibility index (Phi) is 12.6. The van der Waals surface area contributed by atoms with Crippen LogP contribution in [0.15, 0.2) is 79.6 Å². The molecule has 3 aromatic rings.